The summed E-state index contributed by atoms with van der Waals surface area (Å²) in [6.07, 6.45) is -2.28. The molecule has 0 saturated carbocycles. The molecule has 0 aromatic heterocycles. The summed E-state index contributed by atoms with van der Waals surface area (Å²) in [6.45, 7) is 0.704. The van der Waals surface area contributed by atoms with Gasteiger partial charge in [-0.2, -0.15) is 13.2 Å². The zero-order valence-electron chi connectivity index (χ0n) is 10.6. The molecule has 110 valence electrons. The van der Waals surface area contributed by atoms with Crippen molar-refractivity contribution in [1.82, 2.24) is 5.32 Å². The molecule has 2 rings (SSSR count). The number of hydrogen-bond acceptors (Lipinski definition) is 2. The first-order valence-corrected chi connectivity index (χ1v) is 6.29. The number of halogens is 4. The van der Waals surface area contributed by atoms with Crippen LogP contribution in [0.5, 0.6) is 0 Å². The van der Waals surface area contributed by atoms with Crippen LogP contribution >= 0.6 is 0 Å². The second-order valence-electron chi connectivity index (χ2n) is 4.68. The molecular formula is C13H14F4N2O. The minimum atomic E-state index is -4.78. The lowest BCUT2D eigenvalue weighted by Crippen LogP contribution is -2.43. The minimum Gasteiger partial charge on any atom is -0.325 e. The first kappa shape index (κ1) is 14.8. The summed E-state index contributed by atoms with van der Waals surface area (Å²) in [6, 6.07) is 2.01. The summed E-state index contributed by atoms with van der Waals surface area (Å²) in [5.41, 5.74) is -1.44. The molecule has 2 N–H and O–H groups in total. The number of piperidine rings is 1. The number of amides is 1. The van der Waals surface area contributed by atoms with E-state index in [0.717, 1.165) is 18.9 Å². The number of hydrogen-bond donors (Lipinski definition) is 2. The van der Waals surface area contributed by atoms with Crippen molar-refractivity contribution in [3.05, 3.63) is 29.6 Å². The molecule has 1 amide bonds. The lowest BCUT2D eigenvalue weighted by atomic mass is 10.0. The van der Waals surface area contributed by atoms with Crippen molar-refractivity contribution in [2.24, 2.45) is 0 Å². The van der Waals surface area contributed by atoms with E-state index >= 15 is 0 Å². The van der Waals surface area contributed by atoms with Crippen molar-refractivity contribution >= 4 is 11.6 Å². The maximum Gasteiger partial charge on any atom is 0.419 e. The highest BCUT2D eigenvalue weighted by Gasteiger charge is 2.34. The summed E-state index contributed by atoms with van der Waals surface area (Å²) < 4.78 is 50.8. The average Bonchev–Trinajstić information content (AvgIpc) is 2.40. The fraction of sp³-hybridized carbons (Fsp3) is 0.462. The van der Waals surface area contributed by atoms with E-state index < -0.39 is 29.5 Å². The first-order chi connectivity index (χ1) is 9.38. The Labute approximate surface area is 113 Å². The molecule has 0 spiro atoms. The topological polar surface area (TPSA) is 41.1 Å². The summed E-state index contributed by atoms with van der Waals surface area (Å²) >= 11 is 0. The Hall–Kier alpha value is -1.63. The molecule has 1 aromatic carbocycles. The van der Waals surface area contributed by atoms with Crippen LogP contribution in [0, 0.1) is 5.82 Å². The molecule has 1 atom stereocenters. The Balaban J connectivity index is 2.11. The second kappa shape index (κ2) is 5.78. The van der Waals surface area contributed by atoms with Crippen LogP contribution in [0.4, 0.5) is 23.2 Å². The Morgan fingerprint density at radius 3 is 2.65 bits per heavy atom. The monoisotopic (exact) mass is 290 g/mol. The zero-order valence-corrected chi connectivity index (χ0v) is 10.6. The van der Waals surface area contributed by atoms with Crippen LogP contribution < -0.4 is 10.6 Å². The molecule has 0 bridgehead atoms. The largest absolute Gasteiger partial charge is 0.419 e. The average molecular weight is 290 g/mol. The van der Waals surface area contributed by atoms with Gasteiger partial charge in [-0.3, -0.25) is 4.79 Å². The number of anilines is 1. The van der Waals surface area contributed by atoms with Crippen LogP contribution in [0.2, 0.25) is 0 Å². The third-order valence-corrected chi connectivity index (χ3v) is 3.17. The smallest absolute Gasteiger partial charge is 0.325 e. The minimum absolute atomic E-state index is 0.0592. The molecule has 0 unspecified atom stereocenters. The van der Waals surface area contributed by atoms with E-state index in [1.165, 1.54) is 0 Å². The molecule has 1 heterocycles. The standard InChI is InChI=1S/C13H14F4N2O/c14-10-5-4-8(7-9(10)13(15,16)17)19-12(20)11-3-1-2-6-18-11/h4-5,7,11,18H,1-3,6H2,(H,19,20)/t11-/m0/s1. The summed E-state index contributed by atoms with van der Waals surface area (Å²) in [7, 11) is 0. The molecule has 1 aliphatic heterocycles. The maximum absolute atomic E-state index is 13.1. The van der Waals surface area contributed by atoms with Crippen molar-refractivity contribution in [1.29, 1.82) is 0 Å². The van der Waals surface area contributed by atoms with E-state index in [9.17, 15) is 22.4 Å². The van der Waals surface area contributed by atoms with Crippen molar-refractivity contribution < 1.29 is 22.4 Å². The Bertz CT molecular complexity index is 496. The third-order valence-electron chi connectivity index (χ3n) is 3.17. The molecule has 1 aliphatic rings. The number of alkyl halides is 3. The zero-order chi connectivity index (χ0) is 14.8. The van der Waals surface area contributed by atoms with Crippen LogP contribution in [0.25, 0.3) is 0 Å². The highest BCUT2D eigenvalue weighted by Crippen LogP contribution is 2.33. The van der Waals surface area contributed by atoms with Crippen LogP contribution in [0.3, 0.4) is 0 Å². The van der Waals surface area contributed by atoms with Crippen LogP contribution in [-0.4, -0.2) is 18.5 Å². The molecule has 1 saturated heterocycles. The van der Waals surface area contributed by atoms with E-state index in [1.54, 1.807) is 0 Å². The van der Waals surface area contributed by atoms with Crippen LogP contribution in [-0.2, 0) is 11.0 Å². The quantitative estimate of drug-likeness (QED) is 0.822. The van der Waals surface area contributed by atoms with Gasteiger partial charge in [0.15, 0.2) is 0 Å². The molecule has 0 aliphatic carbocycles. The van der Waals surface area contributed by atoms with Gasteiger partial charge in [0.05, 0.1) is 11.6 Å². The van der Waals surface area contributed by atoms with Crippen molar-refractivity contribution in [3.8, 4) is 0 Å². The van der Waals surface area contributed by atoms with Gasteiger partial charge in [0.1, 0.15) is 5.82 Å². The molecule has 3 nitrogen and oxygen atoms in total. The Kier molecular flexibility index (Phi) is 4.27. The molecule has 0 radical (unpaired) electrons. The highest BCUT2D eigenvalue weighted by molar-refractivity contribution is 5.94. The van der Waals surface area contributed by atoms with E-state index in [-0.39, 0.29) is 5.69 Å². The van der Waals surface area contributed by atoms with Gasteiger partial charge in [0, 0.05) is 5.69 Å². The molecule has 1 fully saturated rings. The van der Waals surface area contributed by atoms with Gasteiger partial charge in [0.25, 0.3) is 0 Å². The summed E-state index contributed by atoms with van der Waals surface area (Å²) in [5.74, 6) is -1.75. The number of carbonyl (C=O) groups excluding carboxylic acids is 1. The first-order valence-electron chi connectivity index (χ1n) is 6.29. The summed E-state index contributed by atoms with van der Waals surface area (Å²) in [4.78, 5) is 11.9. The molecular weight excluding hydrogens is 276 g/mol. The van der Waals surface area contributed by atoms with Gasteiger partial charge in [-0.05, 0) is 37.6 Å². The van der Waals surface area contributed by atoms with E-state index in [1.807, 2.05) is 0 Å². The fourth-order valence-electron chi connectivity index (χ4n) is 2.13. The Morgan fingerprint density at radius 2 is 2.05 bits per heavy atom. The SMILES string of the molecule is O=C(Nc1ccc(F)c(C(F)(F)F)c1)[C@@H]1CCCCN1. The van der Waals surface area contributed by atoms with Crippen LogP contribution in [0.1, 0.15) is 24.8 Å². The van der Waals surface area contributed by atoms with E-state index in [4.69, 9.17) is 0 Å². The second-order valence-corrected chi connectivity index (χ2v) is 4.68. The summed E-state index contributed by atoms with van der Waals surface area (Å²) in [5, 5.41) is 5.37. The fourth-order valence-corrected chi connectivity index (χ4v) is 2.13. The number of nitrogens with one attached hydrogen (secondary N) is 2. The number of benzene rings is 1. The van der Waals surface area contributed by atoms with Gasteiger partial charge in [0.2, 0.25) is 5.91 Å². The number of carbonyl (C=O) groups is 1. The molecule has 1 aromatic rings. The predicted molar refractivity (Wildman–Crippen MR) is 65.7 cm³/mol. The lowest BCUT2D eigenvalue weighted by molar-refractivity contribution is -0.140. The predicted octanol–water partition coefficient (Wildman–Crippen LogP) is 2.93. The highest BCUT2D eigenvalue weighted by atomic mass is 19.4. The third kappa shape index (κ3) is 3.47. The van der Waals surface area contributed by atoms with Crippen LogP contribution in [0.15, 0.2) is 18.2 Å². The van der Waals surface area contributed by atoms with Gasteiger partial charge in [-0.1, -0.05) is 6.42 Å². The maximum atomic E-state index is 13.1. The van der Waals surface area contributed by atoms with Gasteiger partial charge < -0.3 is 10.6 Å². The Morgan fingerprint density at radius 1 is 1.30 bits per heavy atom. The normalized spacial score (nSPS) is 19.7. The molecule has 7 heteroatoms. The van der Waals surface area contributed by atoms with E-state index in [2.05, 4.69) is 10.6 Å². The van der Waals surface area contributed by atoms with Crippen molar-refractivity contribution in [2.75, 3.05) is 11.9 Å². The van der Waals surface area contributed by atoms with E-state index in [0.29, 0.717) is 25.1 Å². The number of rotatable bonds is 2. The van der Waals surface area contributed by atoms with Crippen molar-refractivity contribution in [2.45, 2.75) is 31.5 Å². The molecule has 20 heavy (non-hydrogen) atoms. The van der Waals surface area contributed by atoms with Gasteiger partial charge in [-0.25, -0.2) is 4.39 Å². The van der Waals surface area contributed by atoms with Crippen molar-refractivity contribution in [3.63, 3.8) is 0 Å². The van der Waals surface area contributed by atoms with Gasteiger partial charge >= 0.3 is 6.18 Å². The van der Waals surface area contributed by atoms with Gasteiger partial charge in [-0.15, -0.1) is 0 Å². The lowest BCUT2D eigenvalue weighted by Gasteiger charge is -2.22.